The van der Waals surface area contributed by atoms with Gasteiger partial charge in [-0.3, -0.25) is 0 Å². The topological polar surface area (TPSA) is 53.1 Å². The Hall–Kier alpha value is -1.36. The van der Waals surface area contributed by atoms with Gasteiger partial charge in [-0.1, -0.05) is 0 Å². The molecule has 2 rings (SSSR count). The van der Waals surface area contributed by atoms with Crippen LogP contribution in [-0.4, -0.2) is 42.7 Å². The first-order valence-electron chi connectivity index (χ1n) is 7.15. The molecular formula is C14H25N5. The Morgan fingerprint density at radius 3 is 2.79 bits per heavy atom. The van der Waals surface area contributed by atoms with Gasteiger partial charge in [-0.05, 0) is 45.7 Å². The summed E-state index contributed by atoms with van der Waals surface area (Å²) in [6.45, 7) is 7.58. The summed E-state index contributed by atoms with van der Waals surface area (Å²) in [7, 11) is 2.11. The van der Waals surface area contributed by atoms with Crippen LogP contribution in [0.15, 0.2) is 12.4 Å². The quantitative estimate of drug-likeness (QED) is 0.847. The maximum absolute atomic E-state index is 4.37. The fourth-order valence-electron chi connectivity index (χ4n) is 2.48. The zero-order valence-electron chi connectivity index (χ0n) is 12.2. The maximum atomic E-state index is 4.37. The third kappa shape index (κ3) is 4.35. The average Bonchev–Trinajstić information content (AvgIpc) is 2.39. The molecule has 2 heterocycles. The van der Waals surface area contributed by atoms with Crippen molar-refractivity contribution < 1.29 is 0 Å². The number of aromatic nitrogens is 2. The number of nitrogens with one attached hydrogen (secondary N) is 2. The first kappa shape index (κ1) is 14.1. The fourth-order valence-corrected chi connectivity index (χ4v) is 2.48. The summed E-state index contributed by atoms with van der Waals surface area (Å²) in [6.07, 6.45) is 4.15. The Morgan fingerprint density at radius 1 is 1.37 bits per heavy atom. The third-order valence-corrected chi connectivity index (χ3v) is 3.47. The molecule has 2 N–H and O–H groups in total. The molecular weight excluding hydrogens is 238 g/mol. The van der Waals surface area contributed by atoms with Gasteiger partial charge in [0.05, 0.1) is 0 Å². The van der Waals surface area contributed by atoms with Crippen molar-refractivity contribution in [2.24, 2.45) is 5.92 Å². The smallest absolute Gasteiger partial charge is 0.133 e. The van der Waals surface area contributed by atoms with E-state index in [4.69, 9.17) is 0 Å². The van der Waals surface area contributed by atoms with Crippen LogP contribution in [0.2, 0.25) is 0 Å². The van der Waals surface area contributed by atoms with E-state index in [1.54, 1.807) is 6.33 Å². The van der Waals surface area contributed by atoms with Crippen LogP contribution in [0.3, 0.4) is 0 Å². The number of hydrogen-bond donors (Lipinski definition) is 2. The molecule has 1 saturated heterocycles. The molecule has 5 heteroatoms. The Morgan fingerprint density at radius 2 is 2.11 bits per heavy atom. The van der Waals surface area contributed by atoms with Crippen molar-refractivity contribution in [3.05, 3.63) is 12.4 Å². The zero-order valence-corrected chi connectivity index (χ0v) is 12.2. The summed E-state index contributed by atoms with van der Waals surface area (Å²) in [5.41, 5.74) is 0. The van der Waals surface area contributed by atoms with Gasteiger partial charge in [-0.25, -0.2) is 9.97 Å². The van der Waals surface area contributed by atoms with Crippen LogP contribution in [0, 0.1) is 5.92 Å². The molecule has 1 aromatic rings. The van der Waals surface area contributed by atoms with E-state index < -0.39 is 0 Å². The second-order valence-electron chi connectivity index (χ2n) is 5.63. The molecule has 5 nitrogen and oxygen atoms in total. The van der Waals surface area contributed by atoms with Gasteiger partial charge < -0.3 is 15.5 Å². The van der Waals surface area contributed by atoms with E-state index >= 15 is 0 Å². The van der Waals surface area contributed by atoms with Crippen LogP contribution in [0.1, 0.15) is 26.7 Å². The van der Waals surface area contributed by atoms with Gasteiger partial charge in [0.25, 0.3) is 0 Å². The highest BCUT2D eigenvalue weighted by Crippen LogP contribution is 2.18. The molecule has 0 amide bonds. The standard InChI is InChI=1S/C14H25N5/c1-11(2)18-13-8-14(17-10-16-13)19(3)9-12-4-6-15-7-5-12/h8,10-12,15H,4-7,9H2,1-3H3,(H,16,17,18). The predicted molar refractivity (Wildman–Crippen MR) is 79.7 cm³/mol. The number of anilines is 2. The molecule has 106 valence electrons. The number of nitrogens with zero attached hydrogens (tertiary/aromatic N) is 3. The first-order valence-corrected chi connectivity index (χ1v) is 7.15. The monoisotopic (exact) mass is 263 g/mol. The van der Waals surface area contributed by atoms with Crippen LogP contribution in [0.25, 0.3) is 0 Å². The van der Waals surface area contributed by atoms with Crippen molar-refractivity contribution in [2.75, 3.05) is 36.9 Å². The normalized spacial score (nSPS) is 16.6. The van der Waals surface area contributed by atoms with E-state index in [1.165, 1.54) is 12.8 Å². The molecule has 0 saturated carbocycles. The maximum Gasteiger partial charge on any atom is 0.133 e. The average molecular weight is 263 g/mol. The van der Waals surface area contributed by atoms with Gasteiger partial charge in [0.2, 0.25) is 0 Å². The van der Waals surface area contributed by atoms with Crippen molar-refractivity contribution in [2.45, 2.75) is 32.7 Å². The summed E-state index contributed by atoms with van der Waals surface area (Å²) in [6, 6.07) is 2.42. The van der Waals surface area contributed by atoms with Gasteiger partial charge in [0.1, 0.15) is 18.0 Å². The summed E-state index contributed by atoms with van der Waals surface area (Å²) < 4.78 is 0. The first-order chi connectivity index (χ1) is 9.15. The molecule has 0 atom stereocenters. The van der Waals surface area contributed by atoms with Gasteiger partial charge in [0.15, 0.2) is 0 Å². The molecule has 1 aliphatic rings. The highest BCUT2D eigenvalue weighted by Gasteiger charge is 2.16. The van der Waals surface area contributed by atoms with E-state index in [0.717, 1.165) is 37.2 Å². The van der Waals surface area contributed by atoms with Crippen LogP contribution in [0.5, 0.6) is 0 Å². The molecule has 0 radical (unpaired) electrons. The lowest BCUT2D eigenvalue weighted by molar-refractivity contribution is 0.377. The third-order valence-electron chi connectivity index (χ3n) is 3.47. The van der Waals surface area contributed by atoms with Crippen LogP contribution < -0.4 is 15.5 Å². The summed E-state index contributed by atoms with van der Waals surface area (Å²) in [5, 5.41) is 6.72. The molecule has 1 aromatic heterocycles. The number of hydrogen-bond acceptors (Lipinski definition) is 5. The second-order valence-corrected chi connectivity index (χ2v) is 5.63. The van der Waals surface area contributed by atoms with Crippen molar-refractivity contribution in [3.8, 4) is 0 Å². The number of rotatable bonds is 5. The van der Waals surface area contributed by atoms with E-state index in [9.17, 15) is 0 Å². The largest absolute Gasteiger partial charge is 0.368 e. The summed E-state index contributed by atoms with van der Waals surface area (Å²) >= 11 is 0. The highest BCUT2D eigenvalue weighted by molar-refractivity contribution is 5.48. The van der Waals surface area contributed by atoms with Gasteiger partial charge in [-0.2, -0.15) is 0 Å². The lowest BCUT2D eigenvalue weighted by Crippen LogP contribution is -2.34. The molecule has 0 aromatic carbocycles. The molecule has 19 heavy (non-hydrogen) atoms. The van der Waals surface area contributed by atoms with E-state index in [-0.39, 0.29) is 0 Å². The molecule has 0 spiro atoms. The molecule has 1 aliphatic heterocycles. The van der Waals surface area contributed by atoms with E-state index in [1.807, 2.05) is 6.07 Å². The van der Waals surface area contributed by atoms with Crippen LogP contribution in [-0.2, 0) is 0 Å². The highest BCUT2D eigenvalue weighted by atomic mass is 15.2. The van der Waals surface area contributed by atoms with Crippen LogP contribution in [0.4, 0.5) is 11.6 Å². The Labute approximate surface area is 115 Å². The summed E-state index contributed by atoms with van der Waals surface area (Å²) in [5.74, 6) is 2.66. The van der Waals surface area contributed by atoms with Crippen LogP contribution >= 0.6 is 0 Å². The Kier molecular flexibility index (Phi) is 4.96. The minimum absolute atomic E-state index is 0.387. The lowest BCUT2D eigenvalue weighted by Gasteiger charge is -2.28. The minimum atomic E-state index is 0.387. The SMILES string of the molecule is CC(C)Nc1cc(N(C)CC2CCNCC2)ncn1. The van der Waals surface area contributed by atoms with Gasteiger partial charge in [-0.15, -0.1) is 0 Å². The Bertz CT molecular complexity index is 387. The molecule has 0 aliphatic carbocycles. The van der Waals surface area contributed by atoms with Crippen molar-refractivity contribution >= 4 is 11.6 Å². The van der Waals surface area contributed by atoms with Crippen molar-refractivity contribution in [1.29, 1.82) is 0 Å². The predicted octanol–water partition coefficient (Wildman–Crippen LogP) is 1.73. The molecule has 0 bridgehead atoms. The number of piperidine rings is 1. The molecule has 0 unspecified atom stereocenters. The van der Waals surface area contributed by atoms with Crippen molar-refractivity contribution in [1.82, 2.24) is 15.3 Å². The van der Waals surface area contributed by atoms with E-state index in [2.05, 4.69) is 46.4 Å². The zero-order chi connectivity index (χ0) is 13.7. The lowest BCUT2D eigenvalue weighted by atomic mass is 9.98. The van der Waals surface area contributed by atoms with Gasteiger partial charge in [0, 0.05) is 25.7 Å². The van der Waals surface area contributed by atoms with E-state index in [0.29, 0.717) is 6.04 Å². The van der Waals surface area contributed by atoms with Gasteiger partial charge >= 0.3 is 0 Å². The van der Waals surface area contributed by atoms with Crippen molar-refractivity contribution in [3.63, 3.8) is 0 Å². The Balaban J connectivity index is 1.95. The second kappa shape index (κ2) is 6.70. The summed E-state index contributed by atoms with van der Waals surface area (Å²) in [4.78, 5) is 10.9. The minimum Gasteiger partial charge on any atom is -0.368 e. The fraction of sp³-hybridized carbons (Fsp3) is 0.714. The molecule has 1 fully saturated rings.